The van der Waals surface area contributed by atoms with Gasteiger partial charge in [-0.3, -0.25) is 4.79 Å². The van der Waals surface area contributed by atoms with Crippen molar-refractivity contribution in [2.24, 2.45) is 5.92 Å². The minimum atomic E-state index is 0.191. The van der Waals surface area contributed by atoms with Crippen molar-refractivity contribution in [2.75, 3.05) is 20.1 Å². The van der Waals surface area contributed by atoms with Gasteiger partial charge in [0, 0.05) is 19.6 Å². The molecule has 0 aliphatic heterocycles. The van der Waals surface area contributed by atoms with Gasteiger partial charge < -0.3 is 10.2 Å². The molecule has 1 fully saturated rings. The number of carbonyl (C=O) groups is 1. The summed E-state index contributed by atoms with van der Waals surface area (Å²) >= 11 is 0. The number of rotatable bonds is 4. The van der Waals surface area contributed by atoms with Gasteiger partial charge in [-0.1, -0.05) is 6.92 Å². The first-order chi connectivity index (χ1) is 5.65. The number of likely N-dealkylation sites (N-methyl/N-ethyl adjacent to an activating group) is 1. The maximum Gasteiger partial charge on any atom is 0.236 e. The number of carbonyl (C=O) groups excluding carboxylic acids is 1. The quantitative estimate of drug-likeness (QED) is 0.665. The summed E-state index contributed by atoms with van der Waals surface area (Å²) in [6, 6.07) is 0.596. The zero-order valence-electron chi connectivity index (χ0n) is 8.13. The van der Waals surface area contributed by atoms with Gasteiger partial charge in [-0.2, -0.15) is 0 Å². The standard InChI is InChI=1S/C9H18N2O/c1-4-11(3)9(12)6-10-8-5-7(8)2/h7-8,10H,4-6H2,1-3H3. The molecule has 2 atom stereocenters. The lowest BCUT2D eigenvalue weighted by Crippen LogP contribution is -2.36. The summed E-state index contributed by atoms with van der Waals surface area (Å²) in [7, 11) is 1.83. The average molecular weight is 170 g/mol. The van der Waals surface area contributed by atoms with Crippen LogP contribution in [0.1, 0.15) is 20.3 Å². The molecular weight excluding hydrogens is 152 g/mol. The lowest BCUT2D eigenvalue weighted by Gasteiger charge is -2.14. The van der Waals surface area contributed by atoms with E-state index in [4.69, 9.17) is 0 Å². The third kappa shape index (κ3) is 2.48. The van der Waals surface area contributed by atoms with Crippen molar-refractivity contribution < 1.29 is 4.79 Å². The van der Waals surface area contributed by atoms with Crippen LogP contribution in [0.25, 0.3) is 0 Å². The van der Waals surface area contributed by atoms with Crippen molar-refractivity contribution in [2.45, 2.75) is 26.3 Å². The number of hydrogen-bond acceptors (Lipinski definition) is 2. The minimum Gasteiger partial charge on any atom is -0.345 e. The van der Waals surface area contributed by atoms with Crippen LogP contribution in [0.3, 0.4) is 0 Å². The van der Waals surface area contributed by atoms with Crippen molar-refractivity contribution in [3.63, 3.8) is 0 Å². The van der Waals surface area contributed by atoms with Gasteiger partial charge in [0.05, 0.1) is 6.54 Å². The molecule has 3 nitrogen and oxygen atoms in total. The summed E-state index contributed by atoms with van der Waals surface area (Å²) in [6.45, 7) is 5.48. The minimum absolute atomic E-state index is 0.191. The summed E-state index contributed by atoms with van der Waals surface area (Å²) in [5, 5.41) is 3.23. The van der Waals surface area contributed by atoms with E-state index in [1.165, 1.54) is 6.42 Å². The monoisotopic (exact) mass is 170 g/mol. The van der Waals surface area contributed by atoms with Gasteiger partial charge in [-0.15, -0.1) is 0 Å². The highest BCUT2D eigenvalue weighted by molar-refractivity contribution is 5.77. The first-order valence-electron chi connectivity index (χ1n) is 4.62. The maximum atomic E-state index is 11.3. The summed E-state index contributed by atoms with van der Waals surface area (Å²) in [4.78, 5) is 13.0. The maximum absolute atomic E-state index is 11.3. The van der Waals surface area contributed by atoms with Gasteiger partial charge in [0.15, 0.2) is 0 Å². The lowest BCUT2D eigenvalue weighted by molar-refractivity contribution is -0.128. The fourth-order valence-electron chi connectivity index (χ4n) is 1.14. The number of nitrogens with one attached hydrogen (secondary N) is 1. The van der Waals surface area contributed by atoms with Crippen LogP contribution >= 0.6 is 0 Å². The number of nitrogens with zero attached hydrogens (tertiary/aromatic N) is 1. The molecule has 3 heteroatoms. The predicted molar refractivity (Wildman–Crippen MR) is 48.9 cm³/mol. The molecular formula is C9H18N2O. The Bertz CT molecular complexity index is 170. The van der Waals surface area contributed by atoms with Crippen LogP contribution in [0, 0.1) is 5.92 Å². The fraction of sp³-hybridized carbons (Fsp3) is 0.889. The zero-order valence-corrected chi connectivity index (χ0v) is 8.13. The van der Waals surface area contributed by atoms with Gasteiger partial charge >= 0.3 is 0 Å². The van der Waals surface area contributed by atoms with Gasteiger partial charge in [0.25, 0.3) is 0 Å². The molecule has 0 bridgehead atoms. The molecule has 1 aliphatic rings. The molecule has 0 saturated heterocycles. The SMILES string of the molecule is CCN(C)C(=O)CNC1CC1C. The molecule has 0 aromatic heterocycles. The van der Waals surface area contributed by atoms with Crippen molar-refractivity contribution in [1.29, 1.82) is 0 Å². The second-order valence-corrected chi connectivity index (χ2v) is 3.61. The Hall–Kier alpha value is -0.570. The summed E-state index contributed by atoms with van der Waals surface area (Å²) in [5.74, 6) is 0.960. The molecule has 0 aromatic carbocycles. The second kappa shape index (κ2) is 3.90. The molecule has 1 amide bonds. The fourth-order valence-corrected chi connectivity index (χ4v) is 1.14. The van der Waals surface area contributed by atoms with Crippen LogP contribution in [-0.4, -0.2) is 37.0 Å². The Balaban J connectivity index is 2.10. The molecule has 1 rings (SSSR count). The van der Waals surface area contributed by atoms with Gasteiger partial charge in [-0.25, -0.2) is 0 Å². The largest absolute Gasteiger partial charge is 0.345 e. The highest BCUT2D eigenvalue weighted by atomic mass is 16.2. The van der Waals surface area contributed by atoms with E-state index in [2.05, 4.69) is 12.2 Å². The van der Waals surface area contributed by atoms with E-state index in [0.29, 0.717) is 12.6 Å². The third-order valence-corrected chi connectivity index (χ3v) is 2.53. The smallest absolute Gasteiger partial charge is 0.236 e. The normalized spacial score (nSPS) is 26.9. The molecule has 0 aromatic rings. The molecule has 1 aliphatic carbocycles. The Kier molecular flexibility index (Phi) is 3.09. The Morgan fingerprint density at radius 3 is 2.67 bits per heavy atom. The number of hydrogen-bond donors (Lipinski definition) is 1. The molecule has 0 spiro atoms. The van der Waals surface area contributed by atoms with E-state index in [-0.39, 0.29) is 5.91 Å². The van der Waals surface area contributed by atoms with Crippen molar-refractivity contribution >= 4 is 5.91 Å². The van der Waals surface area contributed by atoms with Crippen molar-refractivity contribution in [3.8, 4) is 0 Å². The van der Waals surface area contributed by atoms with Crippen LogP contribution in [0.4, 0.5) is 0 Å². The van der Waals surface area contributed by atoms with Crippen molar-refractivity contribution in [3.05, 3.63) is 0 Å². The molecule has 70 valence electrons. The van der Waals surface area contributed by atoms with E-state index in [9.17, 15) is 4.79 Å². The second-order valence-electron chi connectivity index (χ2n) is 3.61. The van der Waals surface area contributed by atoms with Crippen LogP contribution < -0.4 is 5.32 Å². The summed E-state index contributed by atoms with van der Waals surface area (Å²) < 4.78 is 0. The first-order valence-corrected chi connectivity index (χ1v) is 4.62. The third-order valence-electron chi connectivity index (χ3n) is 2.53. The molecule has 1 saturated carbocycles. The average Bonchev–Trinajstić information content (AvgIpc) is 2.76. The molecule has 1 N–H and O–H groups in total. The highest BCUT2D eigenvalue weighted by Gasteiger charge is 2.32. The predicted octanol–water partition coefficient (Wildman–Crippen LogP) is 0.463. The molecule has 12 heavy (non-hydrogen) atoms. The Labute approximate surface area is 74.1 Å². The summed E-state index contributed by atoms with van der Waals surface area (Å²) in [5.41, 5.74) is 0. The zero-order chi connectivity index (χ0) is 9.14. The highest BCUT2D eigenvalue weighted by Crippen LogP contribution is 2.28. The van der Waals surface area contributed by atoms with Crippen LogP contribution in [0.2, 0.25) is 0 Å². The number of amides is 1. The van der Waals surface area contributed by atoms with E-state index in [0.717, 1.165) is 12.5 Å². The van der Waals surface area contributed by atoms with Gasteiger partial charge in [0.1, 0.15) is 0 Å². The van der Waals surface area contributed by atoms with Crippen molar-refractivity contribution in [1.82, 2.24) is 10.2 Å². The van der Waals surface area contributed by atoms with Crippen LogP contribution in [-0.2, 0) is 4.79 Å². The van der Waals surface area contributed by atoms with Crippen LogP contribution in [0.15, 0.2) is 0 Å². The van der Waals surface area contributed by atoms with E-state index in [1.807, 2.05) is 14.0 Å². The lowest BCUT2D eigenvalue weighted by atomic mass is 10.4. The molecule has 0 radical (unpaired) electrons. The van der Waals surface area contributed by atoms with E-state index in [1.54, 1.807) is 4.90 Å². The van der Waals surface area contributed by atoms with Gasteiger partial charge in [-0.05, 0) is 19.3 Å². The Morgan fingerprint density at radius 1 is 1.67 bits per heavy atom. The molecule has 0 heterocycles. The molecule has 2 unspecified atom stereocenters. The van der Waals surface area contributed by atoms with E-state index >= 15 is 0 Å². The Morgan fingerprint density at radius 2 is 2.25 bits per heavy atom. The van der Waals surface area contributed by atoms with Gasteiger partial charge in [0.2, 0.25) is 5.91 Å². The first kappa shape index (κ1) is 9.52. The topological polar surface area (TPSA) is 32.3 Å². The van der Waals surface area contributed by atoms with E-state index < -0.39 is 0 Å². The summed E-state index contributed by atoms with van der Waals surface area (Å²) in [6.07, 6.45) is 1.23. The van der Waals surface area contributed by atoms with Crippen LogP contribution in [0.5, 0.6) is 0 Å².